The van der Waals surface area contributed by atoms with Gasteiger partial charge in [0.25, 0.3) is 0 Å². The molecular weight excluding hydrogens is 289 g/mol. The maximum atomic E-state index is 12.2. The van der Waals surface area contributed by atoms with Gasteiger partial charge in [0.15, 0.2) is 0 Å². The van der Waals surface area contributed by atoms with Gasteiger partial charge in [0.1, 0.15) is 5.76 Å². The topological polar surface area (TPSA) is 43.4 Å². The minimum Gasteiger partial charge on any atom is -0.375 e. The van der Waals surface area contributed by atoms with Crippen LogP contribution >= 0.6 is 10.0 Å². The summed E-state index contributed by atoms with van der Waals surface area (Å²) in [6.45, 7) is 3.05. The summed E-state index contributed by atoms with van der Waals surface area (Å²) in [4.78, 5) is 0.470. The van der Waals surface area contributed by atoms with E-state index in [1.165, 1.54) is 13.0 Å². The summed E-state index contributed by atoms with van der Waals surface area (Å²) in [5.74, 6) is -0.266. The highest BCUT2D eigenvalue weighted by atomic mass is 32.3. The van der Waals surface area contributed by atoms with E-state index in [1.54, 1.807) is 13.0 Å². The summed E-state index contributed by atoms with van der Waals surface area (Å²) in [5, 5.41) is 0. The Morgan fingerprint density at radius 2 is 1.50 bits per heavy atom. The average Bonchev–Trinajstić information content (AvgIpc) is 2.12. The Morgan fingerprint density at radius 1 is 1.06 bits per heavy atom. The van der Waals surface area contributed by atoms with E-state index in [-0.39, 0.29) is 5.76 Å². The molecule has 0 heterocycles. The Balaban J connectivity index is 5.45. The average molecular weight is 306 g/mol. The van der Waals surface area contributed by atoms with Crippen LogP contribution in [0.2, 0.25) is 0 Å². The van der Waals surface area contributed by atoms with Crippen molar-refractivity contribution in [2.75, 3.05) is 18.8 Å². The van der Waals surface area contributed by atoms with E-state index < -0.39 is 25.7 Å². The molecule has 0 rings (SSSR count). The van der Waals surface area contributed by atoms with Crippen LogP contribution in [0.1, 0.15) is 13.8 Å². The molecule has 0 aliphatic carbocycles. The second-order valence-corrected chi connectivity index (χ2v) is 9.78. The van der Waals surface area contributed by atoms with Crippen molar-refractivity contribution in [3.05, 3.63) is 22.8 Å². The van der Waals surface area contributed by atoms with Gasteiger partial charge in [0, 0.05) is 4.91 Å². The number of halogens is 3. The quantitative estimate of drug-likeness (QED) is 0.346. The first-order chi connectivity index (χ1) is 7.86. The van der Waals surface area contributed by atoms with Crippen LogP contribution in [0.3, 0.4) is 0 Å². The highest BCUT2D eigenvalue weighted by molar-refractivity contribution is 8.35. The fraction of sp³-hybridized carbons (Fsp3) is 0.600. The fourth-order valence-electron chi connectivity index (χ4n) is 1.19. The molecule has 0 atom stereocenters. The van der Waals surface area contributed by atoms with Crippen LogP contribution in [-0.2, 0) is 14.3 Å². The number of alkyl halides is 3. The monoisotopic (exact) mass is 306 g/mol. The van der Waals surface area contributed by atoms with E-state index in [0.717, 1.165) is 0 Å². The molecule has 0 amide bonds. The molecule has 0 radical (unpaired) electrons. The first-order valence-electron chi connectivity index (χ1n) is 4.89. The van der Waals surface area contributed by atoms with E-state index in [1.807, 2.05) is 18.8 Å². The van der Waals surface area contributed by atoms with Gasteiger partial charge >= 0.3 is 15.6 Å². The minimum atomic E-state index is -5.62. The summed E-state index contributed by atoms with van der Waals surface area (Å²) in [6, 6.07) is 0. The van der Waals surface area contributed by atoms with Crippen molar-refractivity contribution in [1.82, 2.24) is 0 Å². The standard InChI is InChI=1S/C10H17F3O3S2/c1-6-8(9(7-2)17(3,4)5)16-18(14,15)10(11,12)13/h6-7H,1-5H3/b8-6+,9-7+. The van der Waals surface area contributed by atoms with Gasteiger partial charge in [-0.25, -0.2) is 10.0 Å². The highest BCUT2D eigenvalue weighted by Gasteiger charge is 2.49. The lowest BCUT2D eigenvalue weighted by atomic mass is 10.4. The third-order valence-electron chi connectivity index (χ3n) is 1.91. The molecule has 0 N–H and O–H groups in total. The molecule has 108 valence electrons. The summed E-state index contributed by atoms with van der Waals surface area (Å²) in [7, 11) is -7.03. The molecule has 18 heavy (non-hydrogen) atoms. The number of hydrogen-bond donors (Lipinski definition) is 0. The molecule has 3 nitrogen and oxygen atoms in total. The molecule has 0 aliphatic rings. The van der Waals surface area contributed by atoms with Crippen LogP contribution in [0.5, 0.6) is 0 Å². The Morgan fingerprint density at radius 3 is 1.72 bits per heavy atom. The van der Waals surface area contributed by atoms with Crippen molar-refractivity contribution in [2.24, 2.45) is 0 Å². The summed E-state index contributed by atoms with van der Waals surface area (Å²) in [6.07, 6.45) is 8.27. The van der Waals surface area contributed by atoms with Crippen LogP contribution in [0.25, 0.3) is 0 Å². The molecule has 0 unspecified atom stereocenters. The van der Waals surface area contributed by atoms with Crippen molar-refractivity contribution < 1.29 is 25.8 Å². The minimum absolute atomic E-state index is 0.266. The Bertz CT molecular complexity index is 454. The molecule has 0 saturated heterocycles. The lowest BCUT2D eigenvalue weighted by molar-refractivity contribution is -0.0520. The van der Waals surface area contributed by atoms with Crippen LogP contribution in [0, 0.1) is 0 Å². The predicted octanol–water partition coefficient (Wildman–Crippen LogP) is 3.35. The van der Waals surface area contributed by atoms with Gasteiger partial charge in [-0.3, -0.25) is 0 Å². The third kappa shape index (κ3) is 4.24. The summed E-state index contributed by atoms with van der Waals surface area (Å²) >= 11 is 0. The molecule has 0 spiro atoms. The fourth-order valence-corrected chi connectivity index (χ4v) is 3.23. The molecule has 0 aromatic heterocycles. The van der Waals surface area contributed by atoms with E-state index in [0.29, 0.717) is 4.91 Å². The van der Waals surface area contributed by atoms with Gasteiger partial charge < -0.3 is 4.18 Å². The Labute approximate surface area is 107 Å². The zero-order chi connectivity index (χ0) is 14.8. The van der Waals surface area contributed by atoms with Crippen LogP contribution in [-0.4, -0.2) is 32.7 Å². The SMILES string of the molecule is C/C=C(OS(=O)(=O)C(F)(F)F)\C(=C/C)S(C)(C)C. The van der Waals surface area contributed by atoms with Gasteiger partial charge in [-0.05, 0) is 38.7 Å². The maximum absolute atomic E-state index is 12.2. The van der Waals surface area contributed by atoms with Crippen molar-refractivity contribution in [1.29, 1.82) is 0 Å². The van der Waals surface area contributed by atoms with Crippen molar-refractivity contribution >= 4 is 20.1 Å². The normalized spacial score (nSPS) is 16.7. The lowest BCUT2D eigenvalue weighted by Gasteiger charge is -2.30. The second-order valence-electron chi connectivity index (χ2n) is 4.13. The van der Waals surface area contributed by atoms with E-state index in [2.05, 4.69) is 4.18 Å². The summed E-state index contributed by atoms with van der Waals surface area (Å²) < 4.78 is 62.8. The number of hydrogen-bond acceptors (Lipinski definition) is 3. The molecule has 8 heteroatoms. The van der Waals surface area contributed by atoms with Gasteiger partial charge in [0.05, 0.1) is 0 Å². The van der Waals surface area contributed by atoms with E-state index in [4.69, 9.17) is 0 Å². The van der Waals surface area contributed by atoms with E-state index in [9.17, 15) is 21.6 Å². The van der Waals surface area contributed by atoms with Gasteiger partial charge in [-0.15, -0.1) is 0 Å². The number of rotatable bonds is 4. The predicted molar refractivity (Wildman–Crippen MR) is 68.9 cm³/mol. The van der Waals surface area contributed by atoms with Gasteiger partial charge in [-0.2, -0.15) is 21.6 Å². The molecule has 0 aromatic carbocycles. The first kappa shape index (κ1) is 17.4. The van der Waals surface area contributed by atoms with Crippen LogP contribution in [0.15, 0.2) is 22.8 Å². The molecule has 0 saturated carbocycles. The van der Waals surface area contributed by atoms with Crippen molar-refractivity contribution in [3.8, 4) is 0 Å². The van der Waals surface area contributed by atoms with Gasteiger partial charge in [-0.1, -0.05) is 6.08 Å². The zero-order valence-electron chi connectivity index (χ0n) is 10.8. The van der Waals surface area contributed by atoms with Gasteiger partial charge in [0.2, 0.25) is 0 Å². The molecule has 0 fully saturated rings. The van der Waals surface area contributed by atoms with Crippen LogP contribution in [0.4, 0.5) is 13.2 Å². The number of allylic oxidation sites excluding steroid dienone is 2. The Kier molecular flexibility index (Phi) is 5.37. The Hall–Kier alpha value is -0.630. The molecule has 0 aromatic rings. The van der Waals surface area contributed by atoms with E-state index >= 15 is 0 Å². The first-order valence-corrected chi connectivity index (χ1v) is 9.15. The molecular formula is C10H17F3O3S2. The van der Waals surface area contributed by atoms with Crippen molar-refractivity contribution in [3.63, 3.8) is 0 Å². The smallest absolute Gasteiger partial charge is 0.375 e. The largest absolute Gasteiger partial charge is 0.534 e. The molecule has 0 aliphatic heterocycles. The zero-order valence-corrected chi connectivity index (χ0v) is 12.5. The second kappa shape index (κ2) is 5.56. The van der Waals surface area contributed by atoms with Crippen LogP contribution < -0.4 is 0 Å². The highest BCUT2D eigenvalue weighted by Crippen LogP contribution is 2.49. The summed E-state index contributed by atoms with van der Waals surface area (Å²) in [5.41, 5.74) is -5.42. The molecule has 0 bridgehead atoms. The third-order valence-corrected chi connectivity index (χ3v) is 4.63. The maximum Gasteiger partial charge on any atom is 0.534 e. The van der Waals surface area contributed by atoms with Crippen molar-refractivity contribution in [2.45, 2.75) is 19.4 Å². The lowest BCUT2D eigenvalue weighted by Crippen LogP contribution is -2.26.